The van der Waals surface area contributed by atoms with Crippen molar-refractivity contribution in [2.45, 2.75) is 31.8 Å². The highest BCUT2D eigenvalue weighted by molar-refractivity contribution is 5.92. The molecule has 2 aliphatic rings. The van der Waals surface area contributed by atoms with E-state index in [4.69, 9.17) is 5.73 Å². The zero-order valence-electron chi connectivity index (χ0n) is 18.7. The molecule has 2 aliphatic heterocycles. The third kappa shape index (κ3) is 4.54. The molecular formula is C26H28FN5O. The van der Waals surface area contributed by atoms with Gasteiger partial charge in [0.2, 0.25) is 0 Å². The number of anilines is 2. The number of likely N-dealkylation sites (tertiary alicyclic amines) is 1. The number of aromatic nitrogens is 1. The number of carbonyl (C=O) groups is 1. The van der Waals surface area contributed by atoms with Crippen molar-refractivity contribution in [2.75, 3.05) is 31.2 Å². The number of nitrogens with two attached hydrogens (primary N) is 1. The van der Waals surface area contributed by atoms with E-state index in [1.807, 2.05) is 0 Å². The number of rotatable bonds is 3. The molecule has 1 saturated heterocycles. The summed E-state index contributed by atoms with van der Waals surface area (Å²) >= 11 is 0. The van der Waals surface area contributed by atoms with Crippen molar-refractivity contribution in [3.8, 4) is 11.3 Å². The minimum Gasteiger partial charge on any atom is -0.396 e. The molecule has 0 bridgehead atoms. The predicted octanol–water partition coefficient (Wildman–Crippen LogP) is 4.83. The molecule has 7 heteroatoms. The first kappa shape index (κ1) is 21.4. The molecule has 170 valence electrons. The van der Waals surface area contributed by atoms with Crippen LogP contribution in [0.5, 0.6) is 0 Å². The largest absolute Gasteiger partial charge is 0.396 e. The molecule has 0 saturated carbocycles. The normalized spacial score (nSPS) is 16.6. The third-order valence-electron chi connectivity index (χ3n) is 6.72. The molecule has 33 heavy (non-hydrogen) atoms. The number of nitrogens with one attached hydrogen (secondary N) is 1. The summed E-state index contributed by atoms with van der Waals surface area (Å²) in [5.74, 6) is 0.590. The van der Waals surface area contributed by atoms with Crippen LogP contribution in [0.4, 0.5) is 20.7 Å². The lowest BCUT2D eigenvalue weighted by Crippen LogP contribution is -2.31. The monoisotopic (exact) mass is 445 g/mol. The number of benzene rings is 2. The van der Waals surface area contributed by atoms with Gasteiger partial charge in [-0.15, -0.1) is 0 Å². The third-order valence-corrected chi connectivity index (χ3v) is 6.72. The number of fused-ring (bicyclic) bond motifs is 1. The molecule has 3 aromatic rings. The van der Waals surface area contributed by atoms with Crippen LogP contribution in [0.2, 0.25) is 0 Å². The number of piperidine rings is 1. The Balaban J connectivity index is 1.28. The summed E-state index contributed by atoms with van der Waals surface area (Å²) in [5.41, 5.74) is 11.6. The van der Waals surface area contributed by atoms with Crippen molar-refractivity contribution in [3.05, 3.63) is 77.1 Å². The van der Waals surface area contributed by atoms with Crippen LogP contribution in [0.25, 0.3) is 11.3 Å². The summed E-state index contributed by atoms with van der Waals surface area (Å²) in [6, 6.07) is 16.0. The van der Waals surface area contributed by atoms with Crippen LogP contribution in [0.15, 0.2) is 54.6 Å². The van der Waals surface area contributed by atoms with Crippen LogP contribution < -0.4 is 11.1 Å². The molecule has 6 nitrogen and oxygen atoms in total. The molecule has 3 heterocycles. The Morgan fingerprint density at radius 3 is 2.52 bits per heavy atom. The molecule has 2 amide bonds. The van der Waals surface area contributed by atoms with Crippen LogP contribution in [-0.4, -0.2) is 41.0 Å². The van der Waals surface area contributed by atoms with Gasteiger partial charge in [0.25, 0.3) is 0 Å². The van der Waals surface area contributed by atoms with Crippen molar-refractivity contribution in [2.24, 2.45) is 0 Å². The van der Waals surface area contributed by atoms with Crippen molar-refractivity contribution in [1.82, 2.24) is 14.8 Å². The van der Waals surface area contributed by atoms with Gasteiger partial charge in [-0.25, -0.2) is 14.2 Å². The van der Waals surface area contributed by atoms with Gasteiger partial charge in [-0.1, -0.05) is 18.2 Å². The first-order valence-corrected chi connectivity index (χ1v) is 11.3. The first-order chi connectivity index (χ1) is 16.0. The van der Waals surface area contributed by atoms with E-state index in [0.29, 0.717) is 36.2 Å². The molecular weight excluding hydrogens is 417 g/mol. The standard InChI is InChI=1S/C26H28FN5O/c1-31-12-10-17(11-13-31)19-2-3-20-15-32(16-21(20)14-19)26(33)30-25-23(28)8-9-24(29-25)18-4-6-22(27)7-5-18/h2-9,14,17H,10-13,15-16,28H2,1H3,(H,29,30,33). The number of halogens is 1. The second-order valence-corrected chi connectivity index (χ2v) is 9.03. The zero-order valence-corrected chi connectivity index (χ0v) is 18.7. The van der Waals surface area contributed by atoms with Gasteiger partial charge in [-0.2, -0.15) is 0 Å². The lowest BCUT2D eigenvalue weighted by atomic mass is 9.88. The fraction of sp³-hybridized carbons (Fsp3) is 0.308. The lowest BCUT2D eigenvalue weighted by Gasteiger charge is -2.29. The maximum atomic E-state index is 13.2. The summed E-state index contributed by atoms with van der Waals surface area (Å²) in [4.78, 5) is 21.7. The van der Waals surface area contributed by atoms with Crippen LogP contribution >= 0.6 is 0 Å². The van der Waals surface area contributed by atoms with E-state index in [-0.39, 0.29) is 11.8 Å². The van der Waals surface area contributed by atoms with Crippen molar-refractivity contribution in [1.29, 1.82) is 0 Å². The summed E-state index contributed by atoms with van der Waals surface area (Å²) in [6.45, 7) is 3.38. The molecule has 5 rings (SSSR count). The lowest BCUT2D eigenvalue weighted by molar-refractivity contribution is 0.212. The Morgan fingerprint density at radius 1 is 1.03 bits per heavy atom. The summed E-state index contributed by atoms with van der Waals surface area (Å²) in [6.07, 6.45) is 2.35. The van der Waals surface area contributed by atoms with Crippen LogP contribution in [-0.2, 0) is 13.1 Å². The van der Waals surface area contributed by atoms with Crippen LogP contribution in [0.3, 0.4) is 0 Å². The molecule has 1 fully saturated rings. The highest BCUT2D eigenvalue weighted by atomic mass is 19.1. The van der Waals surface area contributed by atoms with Gasteiger partial charge < -0.3 is 15.5 Å². The van der Waals surface area contributed by atoms with Gasteiger partial charge in [0.1, 0.15) is 5.82 Å². The zero-order chi connectivity index (χ0) is 22.9. The minimum absolute atomic E-state index is 0.234. The minimum atomic E-state index is -0.310. The van der Waals surface area contributed by atoms with Gasteiger partial charge in [0.05, 0.1) is 11.4 Å². The Kier molecular flexibility index (Phi) is 5.72. The van der Waals surface area contributed by atoms with Gasteiger partial charge in [0.15, 0.2) is 5.82 Å². The Labute approximate surface area is 193 Å². The van der Waals surface area contributed by atoms with Crippen LogP contribution in [0, 0.1) is 5.82 Å². The van der Waals surface area contributed by atoms with Crippen molar-refractivity contribution < 1.29 is 9.18 Å². The quantitative estimate of drug-likeness (QED) is 0.606. The number of hydrogen-bond donors (Lipinski definition) is 2. The molecule has 1 aromatic heterocycles. The molecule has 0 aliphatic carbocycles. The maximum Gasteiger partial charge on any atom is 0.323 e. The van der Waals surface area contributed by atoms with E-state index in [1.165, 1.54) is 41.7 Å². The number of hydrogen-bond acceptors (Lipinski definition) is 4. The Bertz CT molecular complexity index is 1170. The molecule has 0 radical (unpaired) electrons. The first-order valence-electron chi connectivity index (χ1n) is 11.3. The topological polar surface area (TPSA) is 74.5 Å². The van der Waals surface area contributed by atoms with Gasteiger partial charge in [-0.05, 0) is 92.0 Å². The highest BCUT2D eigenvalue weighted by Gasteiger charge is 2.26. The maximum absolute atomic E-state index is 13.2. The van der Waals surface area contributed by atoms with Crippen molar-refractivity contribution >= 4 is 17.5 Å². The number of pyridine rings is 1. The summed E-state index contributed by atoms with van der Waals surface area (Å²) in [7, 11) is 2.17. The number of carbonyl (C=O) groups excluding carboxylic acids is 1. The predicted molar refractivity (Wildman–Crippen MR) is 128 cm³/mol. The second kappa shape index (κ2) is 8.83. The second-order valence-electron chi connectivity index (χ2n) is 9.03. The van der Waals surface area contributed by atoms with E-state index in [0.717, 1.165) is 18.7 Å². The van der Waals surface area contributed by atoms with Crippen LogP contribution in [0.1, 0.15) is 35.4 Å². The van der Waals surface area contributed by atoms with E-state index < -0.39 is 0 Å². The molecule has 2 aromatic carbocycles. The van der Waals surface area contributed by atoms with Crippen molar-refractivity contribution in [3.63, 3.8) is 0 Å². The van der Waals surface area contributed by atoms with E-state index in [2.05, 4.69) is 40.4 Å². The summed E-state index contributed by atoms with van der Waals surface area (Å²) < 4.78 is 13.2. The molecule has 3 N–H and O–H groups in total. The summed E-state index contributed by atoms with van der Waals surface area (Å²) in [5, 5.41) is 2.86. The number of amides is 2. The number of urea groups is 1. The molecule has 0 unspecified atom stereocenters. The number of nitrogen functional groups attached to an aromatic ring is 1. The van der Waals surface area contributed by atoms with Gasteiger partial charge >= 0.3 is 6.03 Å². The highest BCUT2D eigenvalue weighted by Crippen LogP contribution is 2.32. The van der Waals surface area contributed by atoms with E-state index in [9.17, 15) is 9.18 Å². The SMILES string of the molecule is CN1CCC(c2ccc3c(c2)CN(C(=O)Nc2nc(-c4ccc(F)cc4)ccc2N)C3)CC1. The fourth-order valence-electron chi connectivity index (χ4n) is 4.69. The van der Waals surface area contributed by atoms with E-state index in [1.54, 1.807) is 29.2 Å². The Hall–Kier alpha value is -3.45. The molecule has 0 atom stereocenters. The number of nitrogens with zero attached hydrogens (tertiary/aromatic N) is 3. The van der Waals surface area contributed by atoms with E-state index >= 15 is 0 Å². The molecule has 0 spiro atoms. The van der Waals surface area contributed by atoms with Gasteiger partial charge in [0, 0.05) is 18.7 Å². The fourth-order valence-corrected chi connectivity index (χ4v) is 4.69. The average molecular weight is 446 g/mol. The van der Waals surface area contributed by atoms with Gasteiger partial charge in [-0.3, -0.25) is 5.32 Å². The smallest absolute Gasteiger partial charge is 0.323 e. The Morgan fingerprint density at radius 2 is 1.76 bits per heavy atom. The average Bonchev–Trinajstić information content (AvgIpc) is 3.25.